The van der Waals surface area contributed by atoms with Gasteiger partial charge in [-0.3, -0.25) is 0 Å². The molecule has 0 saturated carbocycles. The number of benzene rings is 1. The van der Waals surface area contributed by atoms with E-state index in [-0.39, 0.29) is 5.92 Å². The van der Waals surface area contributed by atoms with Crippen molar-refractivity contribution in [2.45, 2.75) is 19.3 Å². The average Bonchev–Trinajstić information content (AvgIpc) is 2.61. The van der Waals surface area contributed by atoms with E-state index in [0.717, 1.165) is 11.2 Å². The molecule has 0 saturated heterocycles. The first kappa shape index (κ1) is 8.83. The number of fused-ring (bicyclic) bond motifs is 1. The molecule has 70 valence electrons. The molecule has 2 nitrogen and oxygen atoms in total. The monoisotopic (exact) mass is 184 g/mol. The predicted octanol–water partition coefficient (Wildman–Crippen LogP) is 3.19. The van der Waals surface area contributed by atoms with Crippen LogP contribution in [0.3, 0.4) is 0 Å². The second-order valence-corrected chi connectivity index (χ2v) is 3.58. The Morgan fingerprint density at radius 3 is 2.93 bits per heavy atom. The van der Waals surface area contributed by atoms with Gasteiger partial charge in [-0.15, -0.1) is 0 Å². The van der Waals surface area contributed by atoms with E-state index < -0.39 is 0 Å². The summed E-state index contributed by atoms with van der Waals surface area (Å²) < 4.78 is 0. The van der Waals surface area contributed by atoms with E-state index in [0.29, 0.717) is 6.42 Å². The number of para-hydroxylation sites is 1. The average molecular weight is 184 g/mol. The molecule has 0 aliphatic carbocycles. The summed E-state index contributed by atoms with van der Waals surface area (Å²) >= 11 is 0. The predicted molar refractivity (Wildman–Crippen MR) is 56.9 cm³/mol. The van der Waals surface area contributed by atoms with Gasteiger partial charge in [0.1, 0.15) is 0 Å². The second kappa shape index (κ2) is 3.55. The lowest BCUT2D eigenvalue weighted by atomic mass is 10.1. The zero-order valence-corrected chi connectivity index (χ0v) is 8.12. The molecular formula is C12H12N2. The minimum Gasteiger partial charge on any atom is -0.358 e. The van der Waals surface area contributed by atoms with Crippen molar-refractivity contribution in [1.29, 1.82) is 5.26 Å². The van der Waals surface area contributed by atoms with Gasteiger partial charge in [0.15, 0.2) is 0 Å². The topological polar surface area (TPSA) is 39.6 Å². The van der Waals surface area contributed by atoms with Gasteiger partial charge in [-0.1, -0.05) is 25.1 Å². The number of hydrogen-bond acceptors (Lipinski definition) is 1. The first-order valence-corrected chi connectivity index (χ1v) is 4.76. The first-order valence-electron chi connectivity index (χ1n) is 4.76. The molecule has 0 aliphatic heterocycles. The van der Waals surface area contributed by atoms with E-state index in [1.165, 1.54) is 5.39 Å². The Kier molecular flexibility index (Phi) is 2.24. The number of nitrogens with zero attached hydrogens (tertiary/aromatic N) is 1. The molecule has 0 spiro atoms. The normalized spacial score (nSPS) is 12.6. The molecule has 1 aromatic heterocycles. The van der Waals surface area contributed by atoms with E-state index >= 15 is 0 Å². The maximum atomic E-state index is 8.61. The van der Waals surface area contributed by atoms with Crippen molar-refractivity contribution < 1.29 is 0 Å². The van der Waals surface area contributed by atoms with E-state index in [1.807, 2.05) is 12.1 Å². The smallest absolute Gasteiger partial charge is 0.0628 e. The van der Waals surface area contributed by atoms with Crippen molar-refractivity contribution >= 4 is 10.9 Å². The van der Waals surface area contributed by atoms with Crippen LogP contribution in [0.5, 0.6) is 0 Å². The van der Waals surface area contributed by atoms with Crippen LogP contribution in [0.15, 0.2) is 30.3 Å². The number of aromatic amines is 1. The fourth-order valence-corrected chi connectivity index (χ4v) is 1.61. The van der Waals surface area contributed by atoms with Crippen LogP contribution in [0, 0.1) is 11.3 Å². The van der Waals surface area contributed by atoms with Gasteiger partial charge in [-0.2, -0.15) is 5.26 Å². The number of nitrogens with one attached hydrogen (secondary N) is 1. The Morgan fingerprint density at radius 2 is 2.21 bits per heavy atom. The minimum atomic E-state index is 0.285. The summed E-state index contributed by atoms with van der Waals surface area (Å²) in [7, 11) is 0. The highest BCUT2D eigenvalue weighted by Gasteiger charge is 2.07. The Hall–Kier alpha value is -1.75. The molecular weight excluding hydrogens is 172 g/mol. The molecule has 14 heavy (non-hydrogen) atoms. The molecule has 1 aromatic carbocycles. The number of hydrogen-bond donors (Lipinski definition) is 1. The van der Waals surface area contributed by atoms with Gasteiger partial charge in [0.2, 0.25) is 0 Å². The van der Waals surface area contributed by atoms with E-state index in [2.05, 4.69) is 36.2 Å². The highest BCUT2D eigenvalue weighted by Crippen LogP contribution is 2.22. The van der Waals surface area contributed by atoms with E-state index in [1.54, 1.807) is 0 Å². The van der Waals surface area contributed by atoms with Gasteiger partial charge in [0.05, 0.1) is 6.07 Å². The first-order chi connectivity index (χ1) is 6.81. The molecule has 2 aromatic rings. The SMILES string of the molecule is CC(CC#N)c1cc2ccccc2[nH]1. The molecule has 2 rings (SSSR count). The van der Waals surface area contributed by atoms with Crippen LogP contribution in [-0.2, 0) is 0 Å². The Morgan fingerprint density at radius 1 is 1.43 bits per heavy atom. The van der Waals surface area contributed by atoms with Crippen LogP contribution in [-0.4, -0.2) is 4.98 Å². The molecule has 1 atom stereocenters. The molecule has 0 amide bonds. The number of aromatic nitrogens is 1. The van der Waals surface area contributed by atoms with Gasteiger partial charge in [-0.05, 0) is 17.5 Å². The maximum Gasteiger partial charge on any atom is 0.0628 e. The Balaban J connectivity index is 2.41. The summed E-state index contributed by atoms with van der Waals surface area (Å²) in [6.07, 6.45) is 0.562. The third-order valence-corrected chi connectivity index (χ3v) is 2.48. The number of nitriles is 1. The minimum absolute atomic E-state index is 0.285. The van der Waals surface area contributed by atoms with Gasteiger partial charge in [0, 0.05) is 23.5 Å². The van der Waals surface area contributed by atoms with Crippen LogP contribution in [0.25, 0.3) is 10.9 Å². The largest absolute Gasteiger partial charge is 0.358 e. The fourth-order valence-electron chi connectivity index (χ4n) is 1.61. The lowest BCUT2D eigenvalue weighted by molar-refractivity contribution is 0.766. The third kappa shape index (κ3) is 1.49. The molecule has 1 N–H and O–H groups in total. The lowest BCUT2D eigenvalue weighted by Crippen LogP contribution is -1.90. The summed E-state index contributed by atoms with van der Waals surface area (Å²) in [5.41, 5.74) is 2.29. The van der Waals surface area contributed by atoms with Crippen molar-refractivity contribution in [1.82, 2.24) is 4.98 Å². The third-order valence-electron chi connectivity index (χ3n) is 2.48. The summed E-state index contributed by atoms with van der Waals surface area (Å²) in [4.78, 5) is 3.33. The summed E-state index contributed by atoms with van der Waals surface area (Å²) in [5.74, 6) is 0.285. The number of rotatable bonds is 2. The van der Waals surface area contributed by atoms with Crippen molar-refractivity contribution in [3.05, 3.63) is 36.0 Å². The van der Waals surface area contributed by atoms with Crippen LogP contribution in [0.4, 0.5) is 0 Å². The van der Waals surface area contributed by atoms with E-state index in [9.17, 15) is 0 Å². The molecule has 0 aliphatic rings. The zero-order chi connectivity index (χ0) is 9.97. The highest BCUT2D eigenvalue weighted by atomic mass is 14.7. The maximum absolute atomic E-state index is 8.61. The molecule has 0 radical (unpaired) electrons. The van der Waals surface area contributed by atoms with Gasteiger partial charge < -0.3 is 4.98 Å². The zero-order valence-electron chi connectivity index (χ0n) is 8.12. The van der Waals surface area contributed by atoms with Crippen LogP contribution in [0.2, 0.25) is 0 Å². The second-order valence-electron chi connectivity index (χ2n) is 3.58. The molecule has 0 fully saturated rings. The Bertz CT molecular complexity index is 443. The summed E-state index contributed by atoms with van der Waals surface area (Å²) in [6, 6.07) is 12.5. The Labute approximate surface area is 83.2 Å². The summed E-state index contributed by atoms with van der Waals surface area (Å²) in [5, 5.41) is 9.82. The van der Waals surface area contributed by atoms with Gasteiger partial charge in [0.25, 0.3) is 0 Å². The highest BCUT2D eigenvalue weighted by molar-refractivity contribution is 5.80. The standard InChI is InChI=1S/C12H12N2/c1-9(6-7-13)12-8-10-4-2-3-5-11(10)14-12/h2-5,8-9,14H,6H2,1H3. The van der Waals surface area contributed by atoms with Crippen molar-refractivity contribution in [2.24, 2.45) is 0 Å². The van der Waals surface area contributed by atoms with E-state index in [4.69, 9.17) is 5.26 Å². The quantitative estimate of drug-likeness (QED) is 0.764. The number of H-pyrrole nitrogens is 1. The van der Waals surface area contributed by atoms with Crippen LogP contribution in [0.1, 0.15) is 25.0 Å². The lowest BCUT2D eigenvalue weighted by Gasteiger charge is -2.01. The van der Waals surface area contributed by atoms with Crippen LogP contribution < -0.4 is 0 Å². The molecule has 0 bridgehead atoms. The fraction of sp³-hybridized carbons (Fsp3) is 0.250. The van der Waals surface area contributed by atoms with Crippen molar-refractivity contribution in [3.8, 4) is 6.07 Å². The van der Waals surface area contributed by atoms with Gasteiger partial charge >= 0.3 is 0 Å². The van der Waals surface area contributed by atoms with Crippen molar-refractivity contribution in [3.63, 3.8) is 0 Å². The summed E-state index contributed by atoms with van der Waals surface area (Å²) in [6.45, 7) is 2.06. The van der Waals surface area contributed by atoms with Gasteiger partial charge in [-0.25, -0.2) is 0 Å². The molecule has 1 heterocycles. The molecule has 1 unspecified atom stereocenters. The van der Waals surface area contributed by atoms with Crippen LogP contribution >= 0.6 is 0 Å². The molecule has 2 heteroatoms. The van der Waals surface area contributed by atoms with Crippen molar-refractivity contribution in [2.75, 3.05) is 0 Å².